The summed E-state index contributed by atoms with van der Waals surface area (Å²) in [6, 6.07) is 10.4. The van der Waals surface area contributed by atoms with Crippen molar-refractivity contribution < 1.29 is 4.74 Å². The highest BCUT2D eigenvalue weighted by Crippen LogP contribution is 2.17. The normalized spacial score (nSPS) is 15.2. The second-order valence-corrected chi connectivity index (χ2v) is 6.35. The third-order valence-electron chi connectivity index (χ3n) is 4.59. The van der Waals surface area contributed by atoms with Crippen LogP contribution in [0.3, 0.4) is 0 Å². The van der Waals surface area contributed by atoms with Gasteiger partial charge >= 0.3 is 0 Å². The first-order chi connectivity index (χ1) is 12.3. The van der Waals surface area contributed by atoms with Crippen LogP contribution in [0.15, 0.2) is 41.5 Å². The van der Waals surface area contributed by atoms with E-state index >= 15 is 0 Å². The zero-order valence-electron chi connectivity index (χ0n) is 15.4. The van der Waals surface area contributed by atoms with E-state index in [2.05, 4.69) is 20.7 Å². The minimum atomic E-state index is 0. The number of hydrogen-bond donors (Lipinski definition) is 2. The predicted molar refractivity (Wildman–Crippen MR) is 116 cm³/mol. The summed E-state index contributed by atoms with van der Waals surface area (Å²) in [6.07, 6.45) is 8.39. The Morgan fingerprint density at radius 1 is 1.19 bits per heavy atom. The number of benzene rings is 1. The van der Waals surface area contributed by atoms with E-state index in [0.29, 0.717) is 12.6 Å². The molecule has 1 aliphatic carbocycles. The van der Waals surface area contributed by atoms with Crippen LogP contribution in [0, 0.1) is 0 Å². The summed E-state index contributed by atoms with van der Waals surface area (Å²) in [6.45, 7) is 0.648. The first kappa shape index (κ1) is 20.5. The number of nitrogens with one attached hydrogen (secondary N) is 2. The Hall–Kier alpha value is -1.77. The molecule has 1 aliphatic rings. The third-order valence-corrected chi connectivity index (χ3v) is 4.59. The van der Waals surface area contributed by atoms with Crippen molar-refractivity contribution >= 4 is 29.9 Å². The van der Waals surface area contributed by atoms with Gasteiger partial charge in [0.05, 0.1) is 25.0 Å². The highest BCUT2D eigenvalue weighted by molar-refractivity contribution is 14.0. The lowest BCUT2D eigenvalue weighted by Crippen LogP contribution is -2.43. The minimum Gasteiger partial charge on any atom is -0.497 e. The molecule has 26 heavy (non-hydrogen) atoms. The van der Waals surface area contributed by atoms with Gasteiger partial charge in [-0.05, 0) is 43.2 Å². The van der Waals surface area contributed by atoms with Crippen molar-refractivity contribution in [2.45, 2.75) is 44.7 Å². The van der Waals surface area contributed by atoms with E-state index in [-0.39, 0.29) is 24.0 Å². The van der Waals surface area contributed by atoms with Crippen LogP contribution >= 0.6 is 24.0 Å². The van der Waals surface area contributed by atoms with Crippen molar-refractivity contribution in [2.24, 2.45) is 4.99 Å². The van der Waals surface area contributed by atoms with Gasteiger partial charge in [0.1, 0.15) is 5.75 Å². The number of ether oxygens (including phenoxy) is 1. The summed E-state index contributed by atoms with van der Waals surface area (Å²) in [5.74, 6) is 1.70. The van der Waals surface area contributed by atoms with Crippen molar-refractivity contribution in [3.8, 4) is 11.4 Å². The van der Waals surface area contributed by atoms with Crippen molar-refractivity contribution in [1.29, 1.82) is 0 Å². The number of methoxy groups -OCH3 is 1. The van der Waals surface area contributed by atoms with Gasteiger partial charge in [-0.3, -0.25) is 4.99 Å². The van der Waals surface area contributed by atoms with Gasteiger partial charge in [-0.25, -0.2) is 4.68 Å². The second-order valence-electron chi connectivity index (χ2n) is 6.35. The molecule has 0 unspecified atom stereocenters. The summed E-state index contributed by atoms with van der Waals surface area (Å²) in [5, 5.41) is 11.5. The molecule has 0 atom stereocenters. The lowest BCUT2D eigenvalue weighted by Gasteiger charge is -2.24. The number of rotatable bonds is 5. The molecule has 0 aliphatic heterocycles. The molecule has 142 valence electrons. The number of aliphatic imine (C=N–C) groups is 1. The van der Waals surface area contributed by atoms with Crippen LogP contribution in [0.2, 0.25) is 0 Å². The third kappa shape index (κ3) is 5.62. The Morgan fingerprint density at radius 3 is 2.58 bits per heavy atom. The largest absolute Gasteiger partial charge is 0.497 e. The molecule has 1 saturated carbocycles. The number of aromatic nitrogens is 2. The van der Waals surface area contributed by atoms with E-state index in [1.807, 2.05) is 48.3 Å². The van der Waals surface area contributed by atoms with Crippen LogP contribution in [0.1, 0.15) is 37.8 Å². The Bertz CT molecular complexity index is 692. The summed E-state index contributed by atoms with van der Waals surface area (Å²) >= 11 is 0. The fraction of sp³-hybridized carbons (Fsp3) is 0.474. The fourth-order valence-corrected chi connectivity index (χ4v) is 3.14. The maximum absolute atomic E-state index is 5.19. The standard InChI is InChI=1S/C19H27N5O.HI/c1-20-19(22-15-6-4-3-5-7-15)21-14-16-12-13-24(23-16)17-8-10-18(25-2)11-9-17;/h8-13,15H,3-7,14H2,1-2H3,(H2,20,21,22);1H. The van der Waals surface area contributed by atoms with Gasteiger partial charge in [-0.2, -0.15) is 5.10 Å². The summed E-state index contributed by atoms with van der Waals surface area (Å²) in [5.41, 5.74) is 1.99. The average Bonchev–Trinajstić information content (AvgIpc) is 3.15. The Labute approximate surface area is 172 Å². The van der Waals surface area contributed by atoms with E-state index < -0.39 is 0 Å². The smallest absolute Gasteiger partial charge is 0.191 e. The Balaban J connectivity index is 0.00000243. The van der Waals surface area contributed by atoms with Gasteiger partial charge in [0.25, 0.3) is 0 Å². The monoisotopic (exact) mass is 469 g/mol. The van der Waals surface area contributed by atoms with E-state index in [9.17, 15) is 0 Å². The van der Waals surface area contributed by atoms with E-state index in [4.69, 9.17) is 4.74 Å². The predicted octanol–water partition coefficient (Wildman–Crippen LogP) is 3.50. The zero-order valence-corrected chi connectivity index (χ0v) is 17.8. The lowest BCUT2D eigenvalue weighted by molar-refractivity contribution is 0.410. The molecule has 6 nitrogen and oxygen atoms in total. The number of nitrogens with zero attached hydrogens (tertiary/aromatic N) is 3. The molecule has 0 amide bonds. The molecule has 0 spiro atoms. The molecule has 0 bridgehead atoms. The van der Waals surface area contributed by atoms with Crippen LogP contribution in [-0.2, 0) is 6.54 Å². The molecule has 1 heterocycles. The Morgan fingerprint density at radius 2 is 1.92 bits per heavy atom. The maximum Gasteiger partial charge on any atom is 0.191 e. The van der Waals surface area contributed by atoms with Crippen LogP contribution in [0.4, 0.5) is 0 Å². The second kappa shape index (κ2) is 10.4. The molecular formula is C19H28IN5O. The molecule has 2 N–H and O–H groups in total. The average molecular weight is 469 g/mol. The highest BCUT2D eigenvalue weighted by atomic mass is 127. The quantitative estimate of drug-likeness (QED) is 0.400. The van der Waals surface area contributed by atoms with Gasteiger partial charge in [0.15, 0.2) is 5.96 Å². The molecule has 0 radical (unpaired) electrons. The van der Waals surface area contributed by atoms with Gasteiger partial charge in [0, 0.05) is 19.3 Å². The van der Waals surface area contributed by atoms with Crippen LogP contribution in [0.25, 0.3) is 5.69 Å². The topological polar surface area (TPSA) is 63.5 Å². The number of hydrogen-bond acceptors (Lipinski definition) is 3. The Kier molecular flexibility index (Phi) is 8.21. The lowest BCUT2D eigenvalue weighted by atomic mass is 9.96. The van der Waals surface area contributed by atoms with Crippen LogP contribution in [0.5, 0.6) is 5.75 Å². The zero-order chi connectivity index (χ0) is 17.5. The van der Waals surface area contributed by atoms with Gasteiger partial charge < -0.3 is 15.4 Å². The van der Waals surface area contributed by atoms with Crippen LogP contribution < -0.4 is 15.4 Å². The summed E-state index contributed by atoms with van der Waals surface area (Å²) in [7, 11) is 3.48. The highest BCUT2D eigenvalue weighted by Gasteiger charge is 2.14. The molecule has 1 aromatic heterocycles. The first-order valence-electron chi connectivity index (χ1n) is 8.94. The van der Waals surface area contributed by atoms with Crippen molar-refractivity contribution in [3.63, 3.8) is 0 Å². The molecule has 7 heteroatoms. The van der Waals surface area contributed by atoms with Crippen molar-refractivity contribution in [1.82, 2.24) is 20.4 Å². The molecule has 3 rings (SSSR count). The fourth-order valence-electron chi connectivity index (χ4n) is 3.14. The summed E-state index contributed by atoms with van der Waals surface area (Å²) in [4.78, 5) is 4.33. The van der Waals surface area contributed by atoms with Crippen molar-refractivity contribution in [3.05, 3.63) is 42.2 Å². The molecular weight excluding hydrogens is 441 g/mol. The minimum absolute atomic E-state index is 0. The van der Waals surface area contributed by atoms with Crippen molar-refractivity contribution in [2.75, 3.05) is 14.2 Å². The van der Waals surface area contributed by atoms with Gasteiger partial charge in [0.2, 0.25) is 0 Å². The summed E-state index contributed by atoms with van der Waals surface area (Å²) < 4.78 is 7.06. The molecule has 0 saturated heterocycles. The number of guanidine groups is 1. The molecule has 1 aromatic carbocycles. The van der Waals surface area contributed by atoms with Gasteiger partial charge in [-0.15, -0.1) is 24.0 Å². The van der Waals surface area contributed by atoms with Crippen LogP contribution in [-0.4, -0.2) is 35.9 Å². The first-order valence-corrected chi connectivity index (χ1v) is 8.94. The SMILES string of the molecule is CN=C(NCc1ccn(-c2ccc(OC)cc2)n1)NC1CCCCC1.I. The molecule has 1 fully saturated rings. The van der Waals surface area contributed by atoms with E-state index in [0.717, 1.165) is 23.1 Å². The number of halogens is 1. The van der Waals surface area contributed by atoms with E-state index in [1.165, 1.54) is 32.1 Å². The molecule has 2 aromatic rings. The van der Waals surface area contributed by atoms with E-state index in [1.54, 1.807) is 7.11 Å². The van der Waals surface area contributed by atoms with Gasteiger partial charge in [-0.1, -0.05) is 19.3 Å². The maximum atomic E-state index is 5.19.